The van der Waals surface area contributed by atoms with Crippen LogP contribution >= 0.6 is 31.9 Å². The fourth-order valence-electron chi connectivity index (χ4n) is 3.06. The van der Waals surface area contributed by atoms with Gasteiger partial charge in [-0.3, -0.25) is 0 Å². The summed E-state index contributed by atoms with van der Waals surface area (Å²) in [4.78, 5) is 0.709. The monoisotopic (exact) mass is 404 g/mol. The molecule has 0 N–H and O–H groups in total. The number of hydrogen-bond donors (Lipinski definition) is 0. The third-order valence-corrected chi connectivity index (χ3v) is 6.21. The van der Waals surface area contributed by atoms with Gasteiger partial charge in [0.15, 0.2) is 0 Å². The van der Waals surface area contributed by atoms with E-state index in [-0.39, 0.29) is 23.9 Å². The summed E-state index contributed by atoms with van der Waals surface area (Å²) >= 11 is 7.52. The molecule has 0 aromatic rings. The first-order valence-electron chi connectivity index (χ1n) is 7.22. The Labute approximate surface area is 138 Å². The van der Waals surface area contributed by atoms with Gasteiger partial charge in [0, 0.05) is 9.65 Å². The molecule has 0 spiro atoms. The average Bonchev–Trinajstić information content (AvgIpc) is 2.39. The fraction of sp³-hybridized carbons (Fsp3) is 0.750. The minimum Gasteiger partial charge on any atom is -0.371 e. The van der Waals surface area contributed by atoms with Crippen LogP contribution in [0.4, 0.5) is 0 Å². The van der Waals surface area contributed by atoms with E-state index in [0.29, 0.717) is 9.65 Å². The van der Waals surface area contributed by atoms with Crippen LogP contribution in [0.25, 0.3) is 0 Å². The van der Waals surface area contributed by atoms with Gasteiger partial charge < -0.3 is 9.47 Å². The van der Waals surface area contributed by atoms with Crippen molar-refractivity contribution >= 4 is 31.9 Å². The Morgan fingerprint density at radius 1 is 1.35 bits per heavy atom. The zero-order chi connectivity index (χ0) is 14.8. The van der Waals surface area contributed by atoms with Crippen molar-refractivity contribution in [2.24, 2.45) is 0 Å². The molecule has 3 aliphatic heterocycles. The summed E-state index contributed by atoms with van der Waals surface area (Å²) in [6.07, 6.45) is 13.4. The molecule has 3 fully saturated rings. The molecule has 2 bridgehead atoms. The number of halogens is 2. The second-order valence-electron chi connectivity index (χ2n) is 5.82. The lowest BCUT2D eigenvalue weighted by Gasteiger charge is -2.50. The van der Waals surface area contributed by atoms with Gasteiger partial charge in [-0.05, 0) is 38.7 Å². The van der Waals surface area contributed by atoms with E-state index in [0.717, 1.165) is 25.7 Å². The van der Waals surface area contributed by atoms with Crippen LogP contribution in [-0.2, 0) is 9.47 Å². The number of fused-ring (bicyclic) bond motifs is 5. The molecular formula is C16H22Br2O2. The standard InChI is InChI=1S/C16H22Br2O2/c1-4-6-7-8-16(3)15-10-12(18)14(20-16)9-11(17)13(5-2)19-15/h1,6-7,11-15H,5,8-10H2,2-3H3. The van der Waals surface area contributed by atoms with Gasteiger partial charge in [0.25, 0.3) is 0 Å². The Kier molecular flexibility index (Phi) is 5.76. The SMILES string of the molecule is C#CC=CCC1(C)OC2CC(Br)C(CC)OC1CC2Br. The summed E-state index contributed by atoms with van der Waals surface area (Å²) in [6, 6.07) is 0. The zero-order valence-electron chi connectivity index (χ0n) is 12.0. The number of hydrogen-bond acceptors (Lipinski definition) is 2. The highest BCUT2D eigenvalue weighted by Crippen LogP contribution is 2.43. The van der Waals surface area contributed by atoms with Gasteiger partial charge in [-0.15, -0.1) is 6.42 Å². The van der Waals surface area contributed by atoms with Gasteiger partial charge in [-0.2, -0.15) is 0 Å². The molecule has 0 radical (unpaired) electrons. The molecule has 2 nitrogen and oxygen atoms in total. The minimum absolute atomic E-state index is 0.0934. The van der Waals surface area contributed by atoms with E-state index in [9.17, 15) is 0 Å². The highest BCUT2D eigenvalue weighted by Gasteiger charge is 2.49. The number of ether oxygens (including phenoxy) is 2. The number of rotatable bonds is 3. The average molecular weight is 406 g/mol. The van der Waals surface area contributed by atoms with E-state index < -0.39 is 0 Å². The van der Waals surface area contributed by atoms with Crippen LogP contribution in [0.3, 0.4) is 0 Å². The summed E-state index contributed by atoms with van der Waals surface area (Å²) in [6.45, 7) is 4.32. The maximum absolute atomic E-state index is 6.38. The van der Waals surface area contributed by atoms with E-state index in [1.54, 1.807) is 6.08 Å². The lowest BCUT2D eigenvalue weighted by molar-refractivity contribution is -0.222. The van der Waals surface area contributed by atoms with Crippen molar-refractivity contribution in [1.29, 1.82) is 0 Å². The smallest absolute Gasteiger partial charge is 0.0954 e. The van der Waals surface area contributed by atoms with Crippen LogP contribution < -0.4 is 0 Å². The van der Waals surface area contributed by atoms with Crippen molar-refractivity contribution in [1.82, 2.24) is 0 Å². The van der Waals surface area contributed by atoms with Crippen molar-refractivity contribution in [2.45, 2.75) is 73.1 Å². The topological polar surface area (TPSA) is 18.5 Å². The van der Waals surface area contributed by atoms with E-state index in [1.165, 1.54) is 0 Å². The van der Waals surface area contributed by atoms with Gasteiger partial charge in [0.05, 0.1) is 23.9 Å². The van der Waals surface area contributed by atoms with Gasteiger partial charge in [-0.1, -0.05) is 50.8 Å². The molecule has 0 aromatic carbocycles. The van der Waals surface area contributed by atoms with Crippen molar-refractivity contribution in [3.8, 4) is 12.3 Å². The summed E-state index contributed by atoms with van der Waals surface area (Å²) in [7, 11) is 0. The summed E-state index contributed by atoms with van der Waals surface area (Å²) in [5, 5.41) is 0. The molecule has 4 heteroatoms. The molecule has 0 aliphatic carbocycles. The Bertz CT molecular complexity index is 404. The molecule has 3 saturated heterocycles. The van der Waals surface area contributed by atoms with Crippen LogP contribution in [-0.4, -0.2) is 33.6 Å². The summed E-state index contributed by atoms with van der Waals surface area (Å²) < 4.78 is 12.7. The van der Waals surface area contributed by atoms with E-state index in [2.05, 4.69) is 51.6 Å². The molecule has 3 aliphatic rings. The highest BCUT2D eigenvalue weighted by atomic mass is 79.9. The second kappa shape index (κ2) is 6.96. The van der Waals surface area contributed by atoms with Crippen molar-refractivity contribution in [3.63, 3.8) is 0 Å². The quantitative estimate of drug-likeness (QED) is 0.517. The predicted molar refractivity (Wildman–Crippen MR) is 89.5 cm³/mol. The molecular weight excluding hydrogens is 384 g/mol. The Balaban J connectivity index is 2.20. The number of allylic oxidation sites excluding steroid dienone is 1. The lowest BCUT2D eigenvalue weighted by Crippen LogP contribution is -2.58. The van der Waals surface area contributed by atoms with Crippen molar-refractivity contribution < 1.29 is 9.47 Å². The minimum atomic E-state index is -0.289. The molecule has 6 unspecified atom stereocenters. The maximum Gasteiger partial charge on any atom is 0.0954 e. The van der Waals surface area contributed by atoms with Gasteiger partial charge in [0.1, 0.15) is 0 Å². The van der Waals surface area contributed by atoms with Gasteiger partial charge in [-0.25, -0.2) is 0 Å². The van der Waals surface area contributed by atoms with E-state index in [1.807, 2.05) is 6.08 Å². The summed E-state index contributed by atoms with van der Waals surface area (Å²) in [5.74, 6) is 2.54. The fourth-order valence-corrected chi connectivity index (χ4v) is 4.59. The van der Waals surface area contributed by atoms with E-state index >= 15 is 0 Å². The molecule has 112 valence electrons. The Morgan fingerprint density at radius 2 is 2.10 bits per heavy atom. The van der Waals surface area contributed by atoms with E-state index in [4.69, 9.17) is 15.9 Å². The number of terminal acetylenes is 1. The van der Waals surface area contributed by atoms with Gasteiger partial charge >= 0.3 is 0 Å². The Morgan fingerprint density at radius 3 is 2.75 bits per heavy atom. The first-order valence-corrected chi connectivity index (χ1v) is 9.06. The van der Waals surface area contributed by atoms with Crippen molar-refractivity contribution in [2.75, 3.05) is 0 Å². The van der Waals surface area contributed by atoms with Crippen LogP contribution in [0.5, 0.6) is 0 Å². The molecule has 3 heterocycles. The predicted octanol–water partition coefficient (Wildman–Crippen LogP) is 4.21. The second-order valence-corrected chi connectivity index (χ2v) is 8.17. The number of alkyl halides is 2. The molecule has 3 rings (SSSR count). The maximum atomic E-state index is 6.38. The normalized spacial score (nSPS) is 45.0. The van der Waals surface area contributed by atoms with Crippen molar-refractivity contribution in [3.05, 3.63) is 12.2 Å². The first kappa shape index (κ1) is 16.5. The third-order valence-electron chi connectivity index (χ3n) is 4.28. The van der Waals surface area contributed by atoms with Crippen LogP contribution in [0.15, 0.2) is 12.2 Å². The van der Waals surface area contributed by atoms with Crippen LogP contribution in [0.1, 0.15) is 39.5 Å². The molecule has 20 heavy (non-hydrogen) atoms. The molecule has 6 atom stereocenters. The largest absolute Gasteiger partial charge is 0.371 e. The third kappa shape index (κ3) is 3.50. The first-order chi connectivity index (χ1) is 9.50. The Hall–Kier alpha value is 0.180. The molecule has 0 saturated carbocycles. The lowest BCUT2D eigenvalue weighted by atomic mass is 9.84. The highest BCUT2D eigenvalue weighted by molar-refractivity contribution is 9.09. The van der Waals surface area contributed by atoms with Gasteiger partial charge in [0.2, 0.25) is 0 Å². The molecule has 0 aromatic heterocycles. The van der Waals surface area contributed by atoms with Crippen LogP contribution in [0.2, 0.25) is 0 Å². The molecule has 0 amide bonds. The zero-order valence-corrected chi connectivity index (χ0v) is 15.2. The van der Waals surface area contributed by atoms with Crippen LogP contribution in [0, 0.1) is 12.3 Å². The summed E-state index contributed by atoms with van der Waals surface area (Å²) in [5.41, 5.74) is -0.289.